The van der Waals surface area contributed by atoms with Gasteiger partial charge in [0.1, 0.15) is 0 Å². The molecule has 4 nitrogen and oxygen atoms in total. The van der Waals surface area contributed by atoms with E-state index in [1.807, 2.05) is 42.5 Å². The number of pyridine rings is 1. The SMILES string of the molecule is [Ir+3].[c-]1c(N2[CH-]N(c3ccccc3)c3ccccc32)ccc2c3cccc4c5ccccc5n(c12)c34.[c-]1ccccc1-c1ccccn1. The van der Waals surface area contributed by atoms with Gasteiger partial charge in [-0.1, -0.05) is 84.4 Å². The molecule has 0 radical (unpaired) electrons. The van der Waals surface area contributed by atoms with Gasteiger partial charge in [-0.05, 0) is 47.5 Å². The van der Waals surface area contributed by atoms with Crippen LogP contribution in [0.15, 0.2) is 158 Å². The second-order valence-corrected chi connectivity index (χ2v) is 11.3. The molecule has 0 amide bonds. The zero-order chi connectivity index (χ0) is 30.5. The van der Waals surface area contributed by atoms with Crippen LogP contribution in [0.4, 0.5) is 22.7 Å². The van der Waals surface area contributed by atoms with E-state index in [0.717, 1.165) is 33.8 Å². The summed E-state index contributed by atoms with van der Waals surface area (Å²) < 4.78 is 2.38. The average molecular weight is 780 g/mol. The van der Waals surface area contributed by atoms with E-state index in [0.29, 0.717) is 0 Å². The number of rotatable bonds is 3. The topological polar surface area (TPSA) is 23.8 Å². The summed E-state index contributed by atoms with van der Waals surface area (Å²) in [4.78, 5) is 8.71. The Morgan fingerprint density at radius 3 is 2.04 bits per heavy atom. The zero-order valence-corrected chi connectivity index (χ0v) is 27.6. The number of aromatic nitrogens is 2. The Hall–Kier alpha value is -5.48. The third kappa shape index (κ3) is 4.83. The molecule has 3 aromatic heterocycles. The van der Waals surface area contributed by atoms with Crippen molar-refractivity contribution in [1.29, 1.82) is 0 Å². The molecule has 6 aromatic carbocycles. The van der Waals surface area contributed by atoms with E-state index >= 15 is 0 Å². The molecule has 4 heterocycles. The summed E-state index contributed by atoms with van der Waals surface area (Å²) in [6, 6.07) is 59.4. The van der Waals surface area contributed by atoms with Gasteiger partial charge in [-0.2, -0.15) is 6.07 Å². The van der Waals surface area contributed by atoms with E-state index < -0.39 is 0 Å². The minimum atomic E-state index is 0. The second-order valence-electron chi connectivity index (χ2n) is 11.3. The van der Waals surface area contributed by atoms with Gasteiger partial charge in [0.2, 0.25) is 0 Å². The summed E-state index contributed by atoms with van der Waals surface area (Å²) in [6.45, 7) is 2.17. The van der Waals surface area contributed by atoms with Gasteiger partial charge in [0, 0.05) is 39.5 Å². The summed E-state index contributed by atoms with van der Waals surface area (Å²) in [6.07, 6.45) is 1.79. The first kappa shape index (κ1) is 29.0. The van der Waals surface area contributed by atoms with Crippen LogP contribution in [-0.4, -0.2) is 9.38 Å². The molecule has 1 aliphatic rings. The number of benzene rings is 6. The molecular formula is C42H27IrN4. The minimum Gasteiger partial charge on any atom is -0.493 e. The fourth-order valence-corrected chi connectivity index (χ4v) is 6.65. The number of hydrogen-bond donors (Lipinski definition) is 0. The normalized spacial score (nSPS) is 12.3. The number of anilines is 4. The molecule has 0 unspecified atom stereocenters. The zero-order valence-electron chi connectivity index (χ0n) is 25.2. The average Bonchev–Trinajstić information content (AvgIpc) is 3.80. The maximum absolute atomic E-state index is 4.22. The van der Waals surface area contributed by atoms with E-state index in [2.05, 4.69) is 147 Å². The Kier molecular flexibility index (Phi) is 7.41. The first-order chi connectivity index (χ1) is 22.8. The van der Waals surface area contributed by atoms with E-state index in [1.165, 1.54) is 38.3 Å². The third-order valence-electron chi connectivity index (χ3n) is 8.69. The van der Waals surface area contributed by atoms with Crippen LogP contribution in [0, 0.1) is 18.8 Å². The quantitative estimate of drug-likeness (QED) is 0.167. The maximum Gasteiger partial charge on any atom is 3.00 e. The molecular weight excluding hydrogens is 753 g/mol. The van der Waals surface area contributed by atoms with E-state index in [4.69, 9.17) is 0 Å². The smallest absolute Gasteiger partial charge is 0.493 e. The van der Waals surface area contributed by atoms with Crippen LogP contribution < -0.4 is 9.80 Å². The van der Waals surface area contributed by atoms with Crippen LogP contribution >= 0.6 is 0 Å². The Morgan fingerprint density at radius 2 is 1.26 bits per heavy atom. The summed E-state index contributed by atoms with van der Waals surface area (Å²) in [5.74, 6) is 0. The predicted molar refractivity (Wildman–Crippen MR) is 190 cm³/mol. The van der Waals surface area contributed by atoms with Gasteiger partial charge in [0.05, 0.1) is 5.52 Å². The number of nitrogens with zero attached hydrogens (tertiary/aromatic N) is 4. The van der Waals surface area contributed by atoms with Crippen LogP contribution in [0.25, 0.3) is 49.4 Å². The number of hydrogen-bond acceptors (Lipinski definition) is 3. The standard InChI is InChI=1S/C31H19N3.C11H8N.Ir/c1-2-9-21(10-3-1)32-20-33(29-16-7-6-15-28(29)32)22-17-18-24-26-13-8-12-25-23-11-4-5-14-27(23)34(31(25)26)30(24)19-22;1-2-6-10(7-3-1)11-8-4-5-9-12-11;/h1-18,20H;1-6,8-9H;/q-2;-1;+3. The van der Waals surface area contributed by atoms with Crippen LogP contribution in [0.2, 0.25) is 0 Å². The molecule has 5 heteroatoms. The Morgan fingerprint density at radius 1 is 0.553 bits per heavy atom. The molecule has 1 aliphatic heterocycles. The maximum atomic E-state index is 4.22. The van der Waals surface area contributed by atoms with Gasteiger partial charge in [-0.25, -0.2) is 0 Å². The van der Waals surface area contributed by atoms with Crippen molar-refractivity contribution in [1.82, 2.24) is 9.38 Å². The molecule has 0 saturated heterocycles. The van der Waals surface area contributed by atoms with Crippen LogP contribution in [0.5, 0.6) is 0 Å². The van der Waals surface area contributed by atoms with Gasteiger partial charge < -0.3 is 19.2 Å². The molecule has 0 aliphatic carbocycles. The van der Waals surface area contributed by atoms with Crippen molar-refractivity contribution in [3.8, 4) is 11.3 Å². The third-order valence-corrected chi connectivity index (χ3v) is 8.69. The molecule has 0 spiro atoms. The van der Waals surface area contributed by atoms with Gasteiger partial charge in [0.15, 0.2) is 0 Å². The molecule has 0 bridgehead atoms. The second kappa shape index (κ2) is 12.0. The van der Waals surface area contributed by atoms with Gasteiger partial charge in [-0.3, -0.25) is 0 Å². The van der Waals surface area contributed by atoms with Gasteiger partial charge >= 0.3 is 20.1 Å². The number of para-hydroxylation sites is 5. The molecule has 10 rings (SSSR count). The van der Waals surface area contributed by atoms with Crippen LogP contribution in [0.3, 0.4) is 0 Å². The first-order valence-corrected chi connectivity index (χ1v) is 15.4. The molecule has 224 valence electrons. The fourth-order valence-electron chi connectivity index (χ4n) is 6.65. The Bertz CT molecular complexity index is 2420. The summed E-state index contributed by atoms with van der Waals surface area (Å²) in [7, 11) is 0. The first-order valence-electron chi connectivity index (χ1n) is 15.4. The summed E-state index contributed by atoms with van der Waals surface area (Å²) >= 11 is 0. The largest absolute Gasteiger partial charge is 3.00 e. The van der Waals surface area contributed by atoms with Crippen molar-refractivity contribution in [2.45, 2.75) is 0 Å². The van der Waals surface area contributed by atoms with E-state index in [9.17, 15) is 0 Å². The molecule has 0 atom stereocenters. The molecule has 9 aromatic rings. The van der Waals surface area contributed by atoms with Crippen LogP contribution in [0.1, 0.15) is 0 Å². The van der Waals surface area contributed by atoms with Gasteiger partial charge in [-0.15, -0.1) is 65.8 Å². The Balaban J connectivity index is 0.000000212. The minimum absolute atomic E-state index is 0. The van der Waals surface area contributed by atoms with Crippen molar-refractivity contribution in [3.05, 3.63) is 177 Å². The van der Waals surface area contributed by atoms with Crippen molar-refractivity contribution in [3.63, 3.8) is 0 Å². The van der Waals surface area contributed by atoms with Crippen molar-refractivity contribution in [2.75, 3.05) is 9.80 Å². The van der Waals surface area contributed by atoms with E-state index in [-0.39, 0.29) is 20.1 Å². The summed E-state index contributed by atoms with van der Waals surface area (Å²) in [5.41, 5.74) is 10.1. The summed E-state index contributed by atoms with van der Waals surface area (Å²) in [5, 5.41) is 5.11. The van der Waals surface area contributed by atoms with E-state index in [1.54, 1.807) is 6.20 Å². The number of fused-ring (bicyclic) bond motifs is 7. The molecule has 47 heavy (non-hydrogen) atoms. The van der Waals surface area contributed by atoms with Crippen molar-refractivity contribution >= 4 is 60.8 Å². The Labute approximate surface area is 286 Å². The molecule has 0 fully saturated rings. The molecule has 0 N–H and O–H groups in total. The monoisotopic (exact) mass is 780 g/mol. The van der Waals surface area contributed by atoms with Crippen LogP contribution in [-0.2, 0) is 20.1 Å². The predicted octanol–water partition coefficient (Wildman–Crippen LogP) is 10.6. The van der Waals surface area contributed by atoms with Crippen molar-refractivity contribution in [2.24, 2.45) is 0 Å². The fraction of sp³-hybridized carbons (Fsp3) is 0. The van der Waals surface area contributed by atoms with Crippen molar-refractivity contribution < 1.29 is 20.1 Å². The van der Waals surface area contributed by atoms with Gasteiger partial charge in [0.25, 0.3) is 0 Å². The molecule has 0 saturated carbocycles.